The molecule has 138 valence electrons. The van der Waals surface area contributed by atoms with Gasteiger partial charge in [0.05, 0.1) is 6.61 Å². The lowest BCUT2D eigenvalue weighted by Gasteiger charge is -2.18. The van der Waals surface area contributed by atoms with E-state index in [1.807, 2.05) is 79.7 Å². The van der Waals surface area contributed by atoms with Gasteiger partial charge < -0.3 is 14.8 Å². The molecule has 0 aliphatic rings. The van der Waals surface area contributed by atoms with Crippen molar-refractivity contribution in [2.45, 2.75) is 20.0 Å². The fourth-order valence-electron chi connectivity index (χ4n) is 2.76. The van der Waals surface area contributed by atoms with Gasteiger partial charge in [0, 0.05) is 11.3 Å². The summed E-state index contributed by atoms with van der Waals surface area (Å²) in [7, 11) is 0. The van der Waals surface area contributed by atoms with E-state index >= 15 is 0 Å². The predicted octanol–water partition coefficient (Wildman–Crippen LogP) is 5.16. The first-order valence-electron chi connectivity index (χ1n) is 9.03. The van der Waals surface area contributed by atoms with Crippen LogP contribution in [0.3, 0.4) is 0 Å². The van der Waals surface area contributed by atoms with E-state index in [-0.39, 0.29) is 5.91 Å². The summed E-state index contributed by atoms with van der Waals surface area (Å²) in [6.07, 6.45) is -0.671. The van der Waals surface area contributed by atoms with Crippen molar-refractivity contribution in [1.82, 2.24) is 0 Å². The number of carbonyl (C=O) groups excluding carboxylic acids is 1. The molecule has 0 aliphatic carbocycles. The van der Waals surface area contributed by atoms with E-state index in [9.17, 15) is 4.79 Å². The molecule has 0 radical (unpaired) electrons. The molecule has 0 saturated heterocycles. The van der Waals surface area contributed by atoms with Crippen LogP contribution in [0.5, 0.6) is 11.5 Å². The van der Waals surface area contributed by atoms with Crippen LogP contribution in [0.2, 0.25) is 0 Å². The third-order valence-electron chi connectivity index (χ3n) is 4.09. The average molecular weight is 361 g/mol. The zero-order valence-electron chi connectivity index (χ0n) is 15.5. The van der Waals surface area contributed by atoms with E-state index in [0.717, 1.165) is 16.8 Å². The van der Waals surface area contributed by atoms with Crippen LogP contribution in [-0.2, 0) is 4.79 Å². The maximum absolute atomic E-state index is 12.7. The highest BCUT2D eigenvalue weighted by molar-refractivity contribution is 5.98. The molecule has 3 aromatic rings. The Kier molecular flexibility index (Phi) is 6.10. The summed E-state index contributed by atoms with van der Waals surface area (Å²) in [5, 5.41) is 2.98. The molecule has 3 rings (SSSR count). The van der Waals surface area contributed by atoms with Gasteiger partial charge in [-0.05, 0) is 37.6 Å². The molecule has 1 atom stereocenters. The molecule has 1 N–H and O–H groups in total. The Bertz CT molecular complexity index is 893. The van der Waals surface area contributed by atoms with Gasteiger partial charge in [-0.2, -0.15) is 0 Å². The van der Waals surface area contributed by atoms with Gasteiger partial charge in [0.1, 0.15) is 0 Å². The van der Waals surface area contributed by atoms with Crippen LogP contribution >= 0.6 is 0 Å². The van der Waals surface area contributed by atoms with Crippen molar-refractivity contribution in [1.29, 1.82) is 0 Å². The number of ether oxygens (including phenoxy) is 2. The van der Waals surface area contributed by atoms with Crippen molar-refractivity contribution >= 4 is 11.6 Å². The van der Waals surface area contributed by atoms with Gasteiger partial charge in [-0.15, -0.1) is 0 Å². The number of carbonyl (C=O) groups is 1. The zero-order valence-corrected chi connectivity index (χ0v) is 15.5. The Morgan fingerprint density at radius 1 is 0.889 bits per heavy atom. The lowest BCUT2D eigenvalue weighted by atomic mass is 10.0. The molecule has 27 heavy (non-hydrogen) atoms. The highest BCUT2D eigenvalue weighted by Gasteiger charge is 2.18. The second-order valence-electron chi connectivity index (χ2n) is 6.04. The molecule has 1 unspecified atom stereocenters. The minimum Gasteiger partial charge on any atom is -0.490 e. The van der Waals surface area contributed by atoms with Crippen molar-refractivity contribution in [3.8, 4) is 22.6 Å². The zero-order chi connectivity index (χ0) is 19.1. The number of benzene rings is 3. The minimum absolute atomic E-state index is 0.218. The van der Waals surface area contributed by atoms with Crippen molar-refractivity contribution in [3.63, 3.8) is 0 Å². The standard InChI is InChI=1S/C23H23NO3/c1-3-26-21-15-9-10-16-22(21)27-17(2)23(25)24-20-14-8-7-13-19(20)18-11-5-4-6-12-18/h4-17H,3H2,1-2H3,(H,24,25). The Labute approximate surface area is 159 Å². The lowest BCUT2D eigenvalue weighted by Crippen LogP contribution is -2.30. The molecule has 4 heteroatoms. The van der Waals surface area contributed by atoms with Crippen LogP contribution in [0.25, 0.3) is 11.1 Å². The summed E-state index contributed by atoms with van der Waals surface area (Å²) in [4.78, 5) is 12.7. The summed E-state index contributed by atoms with van der Waals surface area (Å²) in [5.74, 6) is 0.965. The minimum atomic E-state index is -0.671. The predicted molar refractivity (Wildman–Crippen MR) is 108 cm³/mol. The first-order chi connectivity index (χ1) is 13.2. The molecule has 0 aromatic heterocycles. The molecule has 0 bridgehead atoms. The Balaban J connectivity index is 1.75. The molecule has 3 aromatic carbocycles. The smallest absolute Gasteiger partial charge is 0.265 e. The topological polar surface area (TPSA) is 47.6 Å². The third kappa shape index (κ3) is 4.67. The van der Waals surface area contributed by atoms with Crippen molar-refractivity contribution in [2.24, 2.45) is 0 Å². The Morgan fingerprint density at radius 3 is 2.26 bits per heavy atom. The monoisotopic (exact) mass is 361 g/mol. The average Bonchev–Trinajstić information content (AvgIpc) is 2.70. The SMILES string of the molecule is CCOc1ccccc1OC(C)C(=O)Nc1ccccc1-c1ccccc1. The fourth-order valence-corrected chi connectivity index (χ4v) is 2.76. The highest BCUT2D eigenvalue weighted by Crippen LogP contribution is 2.29. The van der Waals surface area contributed by atoms with Crippen LogP contribution in [0.4, 0.5) is 5.69 Å². The molecule has 4 nitrogen and oxygen atoms in total. The van der Waals surface area contributed by atoms with E-state index < -0.39 is 6.10 Å². The lowest BCUT2D eigenvalue weighted by molar-refractivity contribution is -0.122. The molecule has 0 saturated carbocycles. The Morgan fingerprint density at radius 2 is 1.52 bits per heavy atom. The van der Waals surface area contributed by atoms with Gasteiger partial charge in [0.2, 0.25) is 0 Å². The second kappa shape index (κ2) is 8.90. The molecular weight excluding hydrogens is 338 g/mol. The third-order valence-corrected chi connectivity index (χ3v) is 4.09. The number of hydrogen-bond donors (Lipinski definition) is 1. The summed E-state index contributed by atoms with van der Waals surface area (Å²) in [6.45, 7) is 4.17. The molecule has 0 fully saturated rings. The number of rotatable bonds is 7. The second-order valence-corrected chi connectivity index (χ2v) is 6.04. The van der Waals surface area contributed by atoms with Gasteiger partial charge in [-0.25, -0.2) is 0 Å². The van der Waals surface area contributed by atoms with Crippen LogP contribution < -0.4 is 14.8 Å². The number of nitrogens with one attached hydrogen (secondary N) is 1. The maximum Gasteiger partial charge on any atom is 0.265 e. The summed E-state index contributed by atoms with van der Waals surface area (Å²) in [6, 6.07) is 25.0. The van der Waals surface area contributed by atoms with E-state index in [2.05, 4.69) is 5.32 Å². The first-order valence-corrected chi connectivity index (χ1v) is 9.03. The van der Waals surface area contributed by atoms with Gasteiger partial charge in [0.25, 0.3) is 5.91 Å². The highest BCUT2D eigenvalue weighted by atomic mass is 16.5. The van der Waals surface area contributed by atoms with Crippen LogP contribution in [-0.4, -0.2) is 18.6 Å². The van der Waals surface area contributed by atoms with E-state index in [4.69, 9.17) is 9.47 Å². The van der Waals surface area contributed by atoms with E-state index in [0.29, 0.717) is 18.1 Å². The molecule has 1 amide bonds. The largest absolute Gasteiger partial charge is 0.490 e. The van der Waals surface area contributed by atoms with E-state index in [1.54, 1.807) is 13.0 Å². The van der Waals surface area contributed by atoms with Crippen molar-refractivity contribution < 1.29 is 14.3 Å². The summed E-state index contributed by atoms with van der Waals surface area (Å²) < 4.78 is 11.4. The van der Waals surface area contributed by atoms with Crippen molar-refractivity contribution in [3.05, 3.63) is 78.9 Å². The van der Waals surface area contributed by atoms with E-state index in [1.165, 1.54) is 0 Å². The number of anilines is 1. The fraction of sp³-hybridized carbons (Fsp3) is 0.174. The van der Waals surface area contributed by atoms with Crippen LogP contribution in [0, 0.1) is 0 Å². The molecular formula is C23H23NO3. The van der Waals surface area contributed by atoms with Gasteiger partial charge in [-0.1, -0.05) is 60.7 Å². The first kappa shape index (κ1) is 18.5. The van der Waals surface area contributed by atoms with Crippen LogP contribution in [0.1, 0.15) is 13.8 Å². The molecule has 0 heterocycles. The van der Waals surface area contributed by atoms with Gasteiger partial charge in [0.15, 0.2) is 17.6 Å². The number of hydrogen-bond acceptors (Lipinski definition) is 3. The van der Waals surface area contributed by atoms with Crippen molar-refractivity contribution in [2.75, 3.05) is 11.9 Å². The quantitative estimate of drug-likeness (QED) is 0.632. The summed E-state index contributed by atoms with van der Waals surface area (Å²) in [5.41, 5.74) is 2.76. The molecule has 0 aliphatic heterocycles. The number of amides is 1. The van der Waals surface area contributed by atoms with Crippen LogP contribution in [0.15, 0.2) is 78.9 Å². The Hall–Kier alpha value is -3.27. The number of para-hydroxylation sites is 3. The van der Waals surface area contributed by atoms with Gasteiger partial charge >= 0.3 is 0 Å². The summed E-state index contributed by atoms with van der Waals surface area (Å²) >= 11 is 0. The van der Waals surface area contributed by atoms with Gasteiger partial charge in [-0.3, -0.25) is 4.79 Å². The molecule has 0 spiro atoms. The normalized spacial score (nSPS) is 11.5. The maximum atomic E-state index is 12.7.